The Morgan fingerprint density at radius 1 is 1.58 bits per heavy atom. The summed E-state index contributed by atoms with van der Waals surface area (Å²) >= 11 is 0. The van der Waals surface area contributed by atoms with Gasteiger partial charge in [-0.3, -0.25) is 4.79 Å². The highest BCUT2D eigenvalue weighted by molar-refractivity contribution is 5.76. The van der Waals surface area contributed by atoms with Gasteiger partial charge in [0, 0.05) is 19.5 Å². The third-order valence-electron chi connectivity index (χ3n) is 2.86. The Morgan fingerprint density at radius 3 is 2.75 bits per heavy atom. The minimum absolute atomic E-state index is 0.342. The zero-order valence-corrected chi connectivity index (χ0v) is 8.34. The zero-order valence-electron chi connectivity index (χ0n) is 8.34. The van der Waals surface area contributed by atoms with Crippen LogP contribution in [0.2, 0.25) is 0 Å². The fourth-order valence-electron chi connectivity index (χ4n) is 1.79. The first-order valence-electron chi connectivity index (χ1n) is 4.93. The SMILES string of the molecule is CCN1CC(C(C)C)CCC1=O. The summed E-state index contributed by atoms with van der Waals surface area (Å²) in [6, 6.07) is 0. The lowest BCUT2D eigenvalue weighted by atomic mass is 9.88. The van der Waals surface area contributed by atoms with Gasteiger partial charge in [0.2, 0.25) is 5.91 Å². The van der Waals surface area contributed by atoms with E-state index in [0.29, 0.717) is 11.8 Å². The molecule has 0 radical (unpaired) electrons. The molecule has 1 heterocycles. The van der Waals surface area contributed by atoms with E-state index in [2.05, 4.69) is 20.8 Å². The number of carbonyl (C=O) groups is 1. The van der Waals surface area contributed by atoms with Gasteiger partial charge >= 0.3 is 0 Å². The molecule has 0 spiro atoms. The third-order valence-corrected chi connectivity index (χ3v) is 2.86. The molecule has 1 saturated heterocycles. The van der Waals surface area contributed by atoms with Crippen molar-refractivity contribution in [2.75, 3.05) is 13.1 Å². The van der Waals surface area contributed by atoms with Crippen molar-refractivity contribution in [3.63, 3.8) is 0 Å². The topological polar surface area (TPSA) is 20.3 Å². The van der Waals surface area contributed by atoms with Crippen LogP contribution in [0.3, 0.4) is 0 Å². The molecule has 0 aromatic rings. The Morgan fingerprint density at radius 2 is 2.25 bits per heavy atom. The molecule has 0 aliphatic carbocycles. The van der Waals surface area contributed by atoms with Crippen LogP contribution in [-0.4, -0.2) is 23.9 Å². The zero-order chi connectivity index (χ0) is 9.14. The monoisotopic (exact) mass is 169 g/mol. The van der Waals surface area contributed by atoms with E-state index in [1.807, 2.05) is 4.90 Å². The van der Waals surface area contributed by atoms with E-state index in [0.717, 1.165) is 31.8 Å². The van der Waals surface area contributed by atoms with Crippen LogP contribution in [0.15, 0.2) is 0 Å². The van der Waals surface area contributed by atoms with Gasteiger partial charge in [0.1, 0.15) is 0 Å². The maximum atomic E-state index is 11.3. The van der Waals surface area contributed by atoms with Crippen LogP contribution >= 0.6 is 0 Å². The average molecular weight is 169 g/mol. The maximum absolute atomic E-state index is 11.3. The summed E-state index contributed by atoms with van der Waals surface area (Å²) in [5.74, 6) is 1.78. The molecule has 0 N–H and O–H groups in total. The number of piperidine rings is 1. The second-order valence-corrected chi connectivity index (χ2v) is 3.98. The molecule has 0 aromatic heterocycles. The lowest BCUT2D eigenvalue weighted by Gasteiger charge is -2.33. The van der Waals surface area contributed by atoms with Crippen molar-refractivity contribution in [3.8, 4) is 0 Å². The summed E-state index contributed by atoms with van der Waals surface area (Å²) in [4.78, 5) is 13.3. The van der Waals surface area contributed by atoms with Crippen molar-refractivity contribution >= 4 is 5.91 Å². The van der Waals surface area contributed by atoms with Crippen LogP contribution in [0.5, 0.6) is 0 Å². The van der Waals surface area contributed by atoms with Crippen molar-refractivity contribution in [1.29, 1.82) is 0 Å². The summed E-state index contributed by atoms with van der Waals surface area (Å²) in [7, 11) is 0. The minimum atomic E-state index is 0.342. The second-order valence-electron chi connectivity index (χ2n) is 3.98. The Hall–Kier alpha value is -0.530. The highest BCUT2D eigenvalue weighted by Crippen LogP contribution is 2.23. The highest BCUT2D eigenvalue weighted by Gasteiger charge is 2.25. The van der Waals surface area contributed by atoms with E-state index < -0.39 is 0 Å². The molecule has 1 unspecified atom stereocenters. The second kappa shape index (κ2) is 3.92. The average Bonchev–Trinajstić information content (AvgIpc) is 2.05. The molecular formula is C10H19NO. The van der Waals surface area contributed by atoms with E-state index in [-0.39, 0.29) is 0 Å². The van der Waals surface area contributed by atoms with E-state index >= 15 is 0 Å². The number of likely N-dealkylation sites (tertiary alicyclic amines) is 1. The summed E-state index contributed by atoms with van der Waals surface area (Å²) in [6.45, 7) is 8.40. The van der Waals surface area contributed by atoms with Crippen LogP contribution in [0.4, 0.5) is 0 Å². The molecule has 2 nitrogen and oxygen atoms in total. The number of nitrogens with zero attached hydrogens (tertiary/aromatic N) is 1. The van der Waals surface area contributed by atoms with E-state index in [1.54, 1.807) is 0 Å². The van der Waals surface area contributed by atoms with E-state index in [9.17, 15) is 4.79 Å². The molecule has 1 fully saturated rings. The molecule has 0 bridgehead atoms. The number of amides is 1. The largest absolute Gasteiger partial charge is 0.343 e. The Labute approximate surface area is 74.9 Å². The fourth-order valence-corrected chi connectivity index (χ4v) is 1.79. The summed E-state index contributed by atoms with van der Waals surface area (Å²) in [6.07, 6.45) is 1.85. The lowest BCUT2D eigenvalue weighted by molar-refractivity contribution is -0.135. The lowest BCUT2D eigenvalue weighted by Crippen LogP contribution is -2.41. The van der Waals surface area contributed by atoms with Crippen molar-refractivity contribution in [3.05, 3.63) is 0 Å². The first-order chi connectivity index (χ1) is 5.65. The van der Waals surface area contributed by atoms with Gasteiger partial charge < -0.3 is 4.90 Å². The van der Waals surface area contributed by atoms with Crippen molar-refractivity contribution in [2.45, 2.75) is 33.6 Å². The molecule has 0 aromatic carbocycles. The van der Waals surface area contributed by atoms with Crippen LogP contribution in [0.25, 0.3) is 0 Å². The van der Waals surface area contributed by atoms with Gasteiger partial charge in [-0.1, -0.05) is 13.8 Å². The smallest absolute Gasteiger partial charge is 0.222 e. The van der Waals surface area contributed by atoms with E-state index in [4.69, 9.17) is 0 Å². The minimum Gasteiger partial charge on any atom is -0.343 e. The molecule has 0 saturated carbocycles. The van der Waals surface area contributed by atoms with Crippen LogP contribution < -0.4 is 0 Å². The molecule has 12 heavy (non-hydrogen) atoms. The van der Waals surface area contributed by atoms with Gasteiger partial charge in [-0.25, -0.2) is 0 Å². The van der Waals surface area contributed by atoms with Gasteiger partial charge in [0.15, 0.2) is 0 Å². The van der Waals surface area contributed by atoms with Gasteiger partial charge in [-0.15, -0.1) is 0 Å². The summed E-state index contributed by atoms with van der Waals surface area (Å²) in [5, 5.41) is 0. The molecule has 1 amide bonds. The number of carbonyl (C=O) groups excluding carboxylic acids is 1. The summed E-state index contributed by atoms with van der Waals surface area (Å²) in [5.41, 5.74) is 0. The molecule has 1 aliphatic rings. The number of rotatable bonds is 2. The molecule has 1 aliphatic heterocycles. The van der Waals surface area contributed by atoms with Crippen molar-refractivity contribution < 1.29 is 4.79 Å². The van der Waals surface area contributed by atoms with Crippen molar-refractivity contribution in [2.24, 2.45) is 11.8 Å². The summed E-state index contributed by atoms with van der Waals surface area (Å²) < 4.78 is 0. The van der Waals surface area contributed by atoms with Gasteiger partial charge in [-0.05, 0) is 25.2 Å². The molecule has 2 heteroatoms. The van der Waals surface area contributed by atoms with Crippen molar-refractivity contribution in [1.82, 2.24) is 4.90 Å². The fraction of sp³-hybridized carbons (Fsp3) is 0.900. The predicted molar refractivity (Wildman–Crippen MR) is 49.8 cm³/mol. The van der Waals surface area contributed by atoms with Crippen LogP contribution in [0, 0.1) is 11.8 Å². The van der Waals surface area contributed by atoms with Crippen LogP contribution in [-0.2, 0) is 4.79 Å². The predicted octanol–water partition coefficient (Wildman–Crippen LogP) is 1.90. The normalized spacial score (nSPS) is 25.2. The van der Waals surface area contributed by atoms with E-state index in [1.165, 1.54) is 0 Å². The first-order valence-corrected chi connectivity index (χ1v) is 4.93. The Balaban J connectivity index is 2.49. The number of hydrogen-bond donors (Lipinski definition) is 0. The van der Waals surface area contributed by atoms with Gasteiger partial charge in [0.25, 0.3) is 0 Å². The van der Waals surface area contributed by atoms with Gasteiger partial charge in [0.05, 0.1) is 0 Å². The molecule has 70 valence electrons. The first kappa shape index (κ1) is 9.56. The highest BCUT2D eigenvalue weighted by atomic mass is 16.2. The molecular weight excluding hydrogens is 150 g/mol. The van der Waals surface area contributed by atoms with Gasteiger partial charge in [-0.2, -0.15) is 0 Å². The third kappa shape index (κ3) is 1.99. The standard InChI is InChI=1S/C10H19NO/c1-4-11-7-9(8(2)3)5-6-10(11)12/h8-9H,4-7H2,1-3H3. The maximum Gasteiger partial charge on any atom is 0.222 e. The molecule has 1 rings (SSSR count). The molecule has 1 atom stereocenters. The Kier molecular flexibility index (Phi) is 3.12. The quantitative estimate of drug-likeness (QED) is 0.618. The Bertz CT molecular complexity index is 165. The number of hydrogen-bond acceptors (Lipinski definition) is 1. The van der Waals surface area contributed by atoms with Crippen LogP contribution in [0.1, 0.15) is 33.6 Å².